The highest BCUT2D eigenvalue weighted by Gasteiger charge is 2.21. The number of likely N-dealkylation sites (N-methyl/N-ethyl adjacent to an activating group) is 1. The Kier molecular flexibility index (Phi) is 38.4. The molecule has 0 rings (SSSR count). The quantitative estimate of drug-likeness (QED) is 0.0211. The Balaban J connectivity index is 4.61. The average Bonchev–Trinajstić information content (AvgIpc) is 3.21. The molecule has 0 radical (unpaired) electrons. The molecule has 0 amide bonds. The first kappa shape index (κ1) is 57.6. The lowest BCUT2D eigenvalue weighted by Gasteiger charge is -2.28. The van der Waals surface area contributed by atoms with E-state index in [2.05, 4.69) is 86.8 Å². The minimum absolute atomic E-state index is 0.0659. The van der Waals surface area contributed by atoms with Crippen LogP contribution in [0.1, 0.15) is 136 Å². The van der Waals surface area contributed by atoms with Crippen LogP contribution in [0.4, 0.5) is 0 Å². The summed E-state index contributed by atoms with van der Waals surface area (Å²) in [5, 5.41) is 9.82. The second-order valence-corrected chi connectivity index (χ2v) is 17.3. The van der Waals surface area contributed by atoms with Crippen molar-refractivity contribution in [2.45, 2.75) is 148 Å². The summed E-state index contributed by atoms with van der Waals surface area (Å²) in [4.78, 5) is 37.5. The molecular formula is C50H82NO9P. The van der Waals surface area contributed by atoms with Crippen LogP contribution in [-0.2, 0) is 32.7 Å². The highest BCUT2D eigenvalue weighted by atomic mass is 31.2. The van der Waals surface area contributed by atoms with Crippen molar-refractivity contribution in [3.8, 4) is 0 Å². The smallest absolute Gasteiger partial charge is 0.306 e. The lowest BCUT2D eigenvalue weighted by Crippen LogP contribution is -2.37. The van der Waals surface area contributed by atoms with Gasteiger partial charge < -0.3 is 33.0 Å². The summed E-state index contributed by atoms with van der Waals surface area (Å²) in [5.41, 5.74) is 0. The normalized spacial score (nSPS) is 15.1. The molecule has 346 valence electrons. The van der Waals surface area contributed by atoms with Crippen molar-refractivity contribution in [1.82, 2.24) is 0 Å². The van der Waals surface area contributed by atoms with Gasteiger partial charge in [-0.25, -0.2) is 0 Å². The molecule has 1 unspecified atom stereocenters. The molecule has 0 saturated carbocycles. The van der Waals surface area contributed by atoms with E-state index in [9.17, 15) is 24.2 Å². The predicted octanol–water partition coefficient (Wildman–Crippen LogP) is 11.5. The Morgan fingerprint density at radius 1 is 0.590 bits per heavy atom. The topological polar surface area (TPSA) is 131 Å². The zero-order valence-electron chi connectivity index (χ0n) is 38.4. The zero-order valence-corrected chi connectivity index (χ0v) is 39.3. The largest absolute Gasteiger partial charge is 0.756 e. The molecule has 0 aromatic heterocycles. The number of unbranched alkanes of at least 4 members (excludes halogenated alkanes) is 5. The van der Waals surface area contributed by atoms with Crippen LogP contribution in [0.3, 0.4) is 0 Å². The molecule has 61 heavy (non-hydrogen) atoms. The molecule has 1 N–H and O–H groups in total. The Hall–Kier alpha value is -3.37. The van der Waals surface area contributed by atoms with Gasteiger partial charge in [-0.15, -0.1) is 0 Å². The number of carbonyl (C=O) groups excluding carboxylic acids is 2. The average molecular weight is 872 g/mol. The van der Waals surface area contributed by atoms with Gasteiger partial charge in [0.1, 0.15) is 19.8 Å². The van der Waals surface area contributed by atoms with Crippen molar-refractivity contribution < 1.29 is 47.2 Å². The van der Waals surface area contributed by atoms with E-state index in [0.29, 0.717) is 30.3 Å². The van der Waals surface area contributed by atoms with Crippen LogP contribution in [-0.4, -0.2) is 81.2 Å². The molecule has 0 aromatic carbocycles. The molecular weight excluding hydrogens is 790 g/mol. The number of hydrogen-bond acceptors (Lipinski definition) is 9. The van der Waals surface area contributed by atoms with E-state index in [1.807, 2.05) is 57.6 Å². The standard InChI is InChI=1S/C50H82NO9P/c1-6-8-10-11-12-13-14-15-16-17-18-19-20-21-26-29-32-35-38-42-50(54)60-48(46-59-61(55,56)58-44-43-51(3,4)5)45-57-49(53)41-37-34-31-28-25-23-22-24-27-30-33-36-40-47(52)39-9-7-2/h12-13,15-16,18-19,21-23,26-28,30-32,35-36,40,47-48,52H,6-11,14,17,20,24-25,29,33-34,37-39,41-46H2,1-5H3/b13-12-,16-15-,19-18-,23-22-,26-21-,30-27-,31-28-,35-32-,40-36-/t47-,48+/m0/s1. The van der Waals surface area contributed by atoms with Crippen LogP contribution < -0.4 is 4.89 Å². The molecule has 3 atom stereocenters. The fraction of sp³-hybridized carbons (Fsp3) is 0.600. The number of allylic oxidation sites excluding steroid dienone is 17. The summed E-state index contributed by atoms with van der Waals surface area (Å²) in [7, 11) is 1.05. The van der Waals surface area contributed by atoms with Gasteiger partial charge in [0.2, 0.25) is 0 Å². The monoisotopic (exact) mass is 872 g/mol. The Labute approximate surface area is 370 Å². The number of ether oxygens (including phenoxy) is 2. The second-order valence-electron chi connectivity index (χ2n) is 15.9. The number of aliphatic hydroxyl groups excluding tert-OH is 1. The number of rotatable bonds is 39. The number of esters is 2. The minimum Gasteiger partial charge on any atom is -0.756 e. The van der Waals surface area contributed by atoms with Crippen LogP contribution in [0.5, 0.6) is 0 Å². The van der Waals surface area contributed by atoms with E-state index in [4.69, 9.17) is 18.5 Å². The summed E-state index contributed by atoms with van der Waals surface area (Å²) >= 11 is 0. The fourth-order valence-electron chi connectivity index (χ4n) is 5.23. The van der Waals surface area contributed by atoms with Gasteiger partial charge in [0.05, 0.1) is 33.9 Å². The molecule has 11 heteroatoms. The summed E-state index contributed by atoms with van der Waals surface area (Å²) in [6, 6.07) is 0. The van der Waals surface area contributed by atoms with Gasteiger partial charge in [0.15, 0.2) is 6.10 Å². The van der Waals surface area contributed by atoms with Crippen molar-refractivity contribution in [1.29, 1.82) is 0 Å². The van der Waals surface area contributed by atoms with E-state index in [1.165, 1.54) is 25.7 Å². The van der Waals surface area contributed by atoms with Crippen molar-refractivity contribution in [3.63, 3.8) is 0 Å². The number of nitrogens with zero attached hydrogens (tertiary/aromatic N) is 1. The Morgan fingerprint density at radius 2 is 1.07 bits per heavy atom. The Bertz CT molecular complexity index is 1420. The van der Waals surface area contributed by atoms with Crippen LogP contribution >= 0.6 is 7.82 Å². The van der Waals surface area contributed by atoms with Gasteiger partial charge in [-0.1, -0.05) is 149 Å². The molecule has 10 nitrogen and oxygen atoms in total. The first-order valence-electron chi connectivity index (χ1n) is 22.7. The molecule has 0 heterocycles. The fourth-order valence-corrected chi connectivity index (χ4v) is 5.96. The second kappa shape index (κ2) is 40.7. The van der Waals surface area contributed by atoms with E-state index in [1.54, 1.807) is 0 Å². The van der Waals surface area contributed by atoms with Gasteiger partial charge in [-0.3, -0.25) is 14.2 Å². The molecule has 0 aliphatic carbocycles. The summed E-state index contributed by atoms with van der Waals surface area (Å²) in [6.07, 6.45) is 51.9. The molecule has 0 bridgehead atoms. The molecule has 0 aliphatic rings. The molecule has 0 fully saturated rings. The lowest BCUT2D eigenvalue weighted by molar-refractivity contribution is -0.870. The zero-order chi connectivity index (χ0) is 45.1. The summed E-state index contributed by atoms with van der Waals surface area (Å²) in [5.74, 6) is -1.03. The van der Waals surface area contributed by atoms with E-state index < -0.39 is 32.5 Å². The third-order valence-corrected chi connectivity index (χ3v) is 9.81. The van der Waals surface area contributed by atoms with Gasteiger partial charge in [-0.05, 0) is 83.5 Å². The van der Waals surface area contributed by atoms with Crippen LogP contribution in [0.15, 0.2) is 109 Å². The SMILES string of the molecule is CCCCC/C=C\C/C=C\C/C=C\C/C=C\C/C=C\CCC(=O)O[C@H](COC(=O)CCC/C=C\C/C=C\C/C=C\C/C=C\[C@@H](O)CCCC)COP(=O)([O-])OCC[N+](C)(C)C. The number of phosphoric acid groups is 1. The molecule has 0 spiro atoms. The maximum absolute atomic E-state index is 12.7. The van der Waals surface area contributed by atoms with E-state index in [0.717, 1.165) is 64.2 Å². The number of hydrogen-bond donors (Lipinski definition) is 1. The maximum atomic E-state index is 12.7. The summed E-state index contributed by atoms with van der Waals surface area (Å²) in [6.45, 7) is 3.85. The van der Waals surface area contributed by atoms with Crippen LogP contribution in [0, 0.1) is 0 Å². The van der Waals surface area contributed by atoms with Crippen molar-refractivity contribution >= 4 is 19.8 Å². The number of phosphoric ester groups is 1. The molecule has 0 saturated heterocycles. The van der Waals surface area contributed by atoms with E-state index in [-0.39, 0.29) is 32.2 Å². The maximum Gasteiger partial charge on any atom is 0.306 e. The first-order chi connectivity index (χ1) is 29.4. The van der Waals surface area contributed by atoms with Crippen molar-refractivity contribution in [2.75, 3.05) is 47.5 Å². The van der Waals surface area contributed by atoms with Crippen LogP contribution in [0.2, 0.25) is 0 Å². The van der Waals surface area contributed by atoms with Crippen molar-refractivity contribution in [2.24, 2.45) is 0 Å². The molecule has 0 aliphatic heterocycles. The number of quaternary nitrogens is 1. The van der Waals surface area contributed by atoms with Crippen LogP contribution in [0.25, 0.3) is 0 Å². The Morgan fingerprint density at radius 3 is 1.57 bits per heavy atom. The van der Waals surface area contributed by atoms with Gasteiger partial charge in [0.25, 0.3) is 7.82 Å². The third kappa shape index (κ3) is 44.5. The number of carbonyl (C=O) groups is 2. The first-order valence-corrected chi connectivity index (χ1v) is 24.1. The van der Waals surface area contributed by atoms with Gasteiger partial charge in [0, 0.05) is 12.8 Å². The minimum atomic E-state index is -4.68. The highest BCUT2D eigenvalue weighted by molar-refractivity contribution is 7.45. The third-order valence-electron chi connectivity index (χ3n) is 8.85. The highest BCUT2D eigenvalue weighted by Crippen LogP contribution is 2.38. The van der Waals surface area contributed by atoms with Gasteiger partial charge >= 0.3 is 11.9 Å². The van der Waals surface area contributed by atoms with Gasteiger partial charge in [-0.2, -0.15) is 0 Å². The predicted molar refractivity (Wildman–Crippen MR) is 251 cm³/mol. The van der Waals surface area contributed by atoms with E-state index >= 15 is 0 Å². The molecule has 0 aromatic rings. The summed E-state index contributed by atoms with van der Waals surface area (Å²) < 4.78 is 33.7. The van der Waals surface area contributed by atoms with Crippen molar-refractivity contribution in [3.05, 3.63) is 109 Å². The lowest BCUT2D eigenvalue weighted by atomic mass is 10.1. The number of aliphatic hydroxyl groups is 1.